The Bertz CT molecular complexity index is 2440. The number of carbonyl (C=O) groups excluding carboxylic acids is 1. The highest BCUT2D eigenvalue weighted by Gasteiger charge is 2.39. The highest BCUT2D eigenvalue weighted by atomic mass is 19.1. The van der Waals surface area contributed by atoms with Crippen molar-refractivity contribution >= 4 is 34.0 Å². The molecule has 0 bridgehead atoms. The Kier molecular flexibility index (Phi) is 10.1. The molecule has 2 aromatic heterocycles. The largest absolute Gasteiger partial charge is 0.507 e. The van der Waals surface area contributed by atoms with E-state index in [1.54, 1.807) is 18.2 Å². The maximum Gasteiger partial charge on any atom is 0.253 e. The van der Waals surface area contributed by atoms with Gasteiger partial charge in [0.2, 0.25) is 0 Å². The lowest BCUT2D eigenvalue weighted by Crippen LogP contribution is -2.51. The highest BCUT2D eigenvalue weighted by molar-refractivity contribution is 5.94. The van der Waals surface area contributed by atoms with Gasteiger partial charge in [0, 0.05) is 119 Å². The number of aryl methyl sites for hydroxylation is 2. The Labute approximate surface area is 349 Å². The van der Waals surface area contributed by atoms with Crippen molar-refractivity contribution in [3.8, 4) is 17.0 Å². The molecule has 0 radical (unpaired) electrons. The first kappa shape index (κ1) is 36.6. The molecule has 308 valence electrons. The molecular weight excluding hydrogens is 742 g/mol. The molecule has 3 aromatic carbocycles. The number of nitrogens with one attached hydrogen (secondary N) is 1. The van der Waals surface area contributed by atoms with E-state index in [0.717, 1.165) is 74.2 Å². The third-order valence-electron chi connectivity index (χ3n) is 13.1. The van der Waals surface area contributed by atoms with Crippen LogP contribution in [-0.4, -0.2) is 100 Å². The quantitative estimate of drug-likeness (QED) is 0.146. The number of benzene rings is 3. The van der Waals surface area contributed by atoms with Crippen molar-refractivity contribution in [3.05, 3.63) is 107 Å². The number of aromatic nitrogens is 3. The molecule has 0 aliphatic carbocycles. The second-order valence-corrected chi connectivity index (χ2v) is 17.0. The minimum Gasteiger partial charge on any atom is -0.507 e. The SMILES string of the molecule is [2H]C1C=CN(c2ccc3c(c2)c(C)cn3C2CCN(CC3(F)CCN(C(=O)c4ccc(C5CCCN(c6cc(-c7ccccc7O)nnc6N)C5)c(C)c4)CC3)CC2)[C@H]([2H])N1. The molecule has 5 aromatic rings. The van der Waals surface area contributed by atoms with Crippen LogP contribution in [0.3, 0.4) is 0 Å². The first-order chi connectivity index (χ1) is 29.4. The van der Waals surface area contributed by atoms with Crippen LogP contribution in [0.15, 0.2) is 85.2 Å². The number of carbonyl (C=O) groups is 1. The number of piperidine rings is 3. The summed E-state index contributed by atoms with van der Waals surface area (Å²) < 4.78 is 35.1. The van der Waals surface area contributed by atoms with Crippen LogP contribution in [0.2, 0.25) is 0 Å². The Morgan fingerprint density at radius 3 is 2.58 bits per heavy atom. The van der Waals surface area contributed by atoms with Crippen molar-refractivity contribution in [2.75, 3.05) is 74.5 Å². The number of nitrogens with two attached hydrogens (primary N) is 1. The fourth-order valence-corrected chi connectivity index (χ4v) is 9.78. The van der Waals surface area contributed by atoms with E-state index in [4.69, 9.17) is 8.48 Å². The summed E-state index contributed by atoms with van der Waals surface area (Å²) in [5, 5.41) is 23.0. The number of likely N-dealkylation sites (tertiary alicyclic amines) is 2. The number of nitrogen functional groups attached to an aromatic ring is 1. The molecule has 0 saturated carbocycles. The second kappa shape index (κ2) is 16.3. The predicted molar refractivity (Wildman–Crippen MR) is 234 cm³/mol. The van der Waals surface area contributed by atoms with E-state index in [2.05, 4.69) is 68.1 Å². The number of rotatable bonds is 8. The number of anilines is 3. The smallest absolute Gasteiger partial charge is 0.253 e. The highest BCUT2D eigenvalue weighted by Crippen LogP contribution is 2.38. The number of hydrogen-bond donors (Lipinski definition) is 3. The molecule has 9 rings (SSSR count). The average molecular weight is 800 g/mol. The summed E-state index contributed by atoms with van der Waals surface area (Å²) in [6.07, 6.45) is 10.3. The summed E-state index contributed by atoms with van der Waals surface area (Å²) in [6.45, 7) is 7.34. The molecule has 12 heteroatoms. The molecule has 59 heavy (non-hydrogen) atoms. The lowest BCUT2D eigenvalue weighted by Gasteiger charge is -2.41. The van der Waals surface area contributed by atoms with Gasteiger partial charge in [0.05, 0.1) is 19.4 Å². The lowest BCUT2D eigenvalue weighted by atomic mass is 9.86. The Morgan fingerprint density at radius 2 is 1.80 bits per heavy atom. The maximum absolute atomic E-state index is 16.4. The van der Waals surface area contributed by atoms with Gasteiger partial charge in [-0.1, -0.05) is 24.3 Å². The van der Waals surface area contributed by atoms with E-state index < -0.39 is 18.8 Å². The minimum atomic E-state index is -1.33. The molecule has 4 N–H and O–H groups in total. The normalized spacial score (nSPS) is 23.4. The van der Waals surface area contributed by atoms with Crippen LogP contribution >= 0.6 is 0 Å². The topological polar surface area (TPSA) is 119 Å². The molecule has 1 amide bonds. The standard InChI is InChI=1S/C47H56FN9O2/c1-32-25-34(10-12-38(32)35-7-5-19-55(29-35)43-27-41(51-52-45(43)49)39-8-3-4-9-44(39)58)46(59)54-23-16-47(48,17-24-54)30-53-21-14-36(15-22-53)57-28-33(2)40-26-37(11-13-42(40)57)56-20-6-18-50-31-56/h3-4,6,8-13,20,25-28,35-36,50,58H,5,7,14-19,21-24,29-31H2,1-2H3,(H2,49,52)/i18D,31D/t18?,31-,35?/m1/s1. The van der Waals surface area contributed by atoms with Gasteiger partial charge in [0.25, 0.3) is 5.91 Å². The zero-order valence-electron chi connectivity index (χ0n) is 36.0. The number of aromatic hydroxyl groups is 1. The van der Waals surface area contributed by atoms with Crippen LogP contribution in [0.1, 0.15) is 80.3 Å². The molecule has 3 saturated heterocycles. The first-order valence-corrected chi connectivity index (χ1v) is 21.1. The number of nitrogens with zero attached hydrogens (tertiary/aromatic N) is 7. The number of para-hydroxylation sites is 1. The van der Waals surface area contributed by atoms with Crippen LogP contribution in [0, 0.1) is 13.8 Å². The molecule has 0 spiro atoms. The average Bonchev–Trinajstić information content (AvgIpc) is 3.59. The zero-order valence-corrected chi connectivity index (χ0v) is 34.0. The maximum atomic E-state index is 16.4. The van der Waals surface area contributed by atoms with Gasteiger partial charge < -0.3 is 35.0 Å². The lowest BCUT2D eigenvalue weighted by molar-refractivity contribution is 0.0158. The van der Waals surface area contributed by atoms with Crippen LogP contribution in [0.4, 0.5) is 21.6 Å². The van der Waals surface area contributed by atoms with E-state index in [0.29, 0.717) is 61.2 Å². The number of halogens is 1. The van der Waals surface area contributed by atoms with Crippen LogP contribution in [0.25, 0.3) is 22.2 Å². The summed E-state index contributed by atoms with van der Waals surface area (Å²) in [7, 11) is 0. The van der Waals surface area contributed by atoms with Gasteiger partial charge in [-0.2, -0.15) is 0 Å². The number of phenolic OH excluding ortho intramolecular Hbond substituents is 1. The van der Waals surface area contributed by atoms with Crippen molar-refractivity contribution in [2.24, 2.45) is 0 Å². The monoisotopic (exact) mass is 799 g/mol. The summed E-state index contributed by atoms with van der Waals surface area (Å²) in [6, 6.07) is 21.6. The van der Waals surface area contributed by atoms with Crippen molar-refractivity contribution in [1.29, 1.82) is 0 Å². The predicted octanol–water partition coefficient (Wildman–Crippen LogP) is 7.55. The number of phenols is 1. The summed E-state index contributed by atoms with van der Waals surface area (Å²) in [5.41, 5.74) is 13.2. The van der Waals surface area contributed by atoms with Crippen molar-refractivity contribution < 1.29 is 17.0 Å². The minimum absolute atomic E-state index is 0.0402. The van der Waals surface area contributed by atoms with Gasteiger partial charge in [-0.25, -0.2) is 4.39 Å². The Balaban J connectivity index is 0.782. The number of amides is 1. The molecule has 6 heterocycles. The molecule has 3 atom stereocenters. The van der Waals surface area contributed by atoms with Crippen LogP contribution < -0.4 is 20.9 Å². The molecule has 4 aliphatic heterocycles. The van der Waals surface area contributed by atoms with Gasteiger partial charge in [0.15, 0.2) is 5.82 Å². The number of alkyl halides is 1. The van der Waals surface area contributed by atoms with E-state index in [-0.39, 0.29) is 17.6 Å². The van der Waals surface area contributed by atoms with E-state index >= 15 is 4.39 Å². The molecule has 2 unspecified atom stereocenters. The number of hydrogen-bond acceptors (Lipinski definition) is 9. The van der Waals surface area contributed by atoms with Gasteiger partial charge in [-0.15, -0.1) is 10.2 Å². The number of fused-ring (bicyclic) bond motifs is 1. The molecule has 3 fully saturated rings. The van der Waals surface area contributed by atoms with Crippen molar-refractivity contribution in [1.82, 2.24) is 29.9 Å². The third kappa shape index (κ3) is 8.00. The zero-order chi connectivity index (χ0) is 42.4. The van der Waals surface area contributed by atoms with Gasteiger partial charge >= 0.3 is 0 Å². The second-order valence-electron chi connectivity index (χ2n) is 17.0. The summed E-state index contributed by atoms with van der Waals surface area (Å²) >= 11 is 0. The Morgan fingerprint density at radius 1 is 0.983 bits per heavy atom. The van der Waals surface area contributed by atoms with Crippen LogP contribution in [0.5, 0.6) is 5.75 Å². The first-order valence-electron chi connectivity index (χ1n) is 22.2. The third-order valence-corrected chi connectivity index (χ3v) is 13.1. The molecular formula is C47H56FN9O2. The van der Waals surface area contributed by atoms with Gasteiger partial charge in [0.1, 0.15) is 11.4 Å². The van der Waals surface area contributed by atoms with E-state index in [9.17, 15) is 9.90 Å². The van der Waals surface area contributed by atoms with Crippen molar-refractivity contribution in [2.45, 2.75) is 70.0 Å². The van der Waals surface area contributed by atoms with E-state index in [1.165, 1.54) is 16.6 Å². The Hall–Kier alpha value is -5.46. The van der Waals surface area contributed by atoms with Crippen molar-refractivity contribution in [3.63, 3.8) is 0 Å². The van der Waals surface area contributed by atoms with Gasteiger partial charge in [-0.3, -0.25) is 10.1 Å². The fourth-order valence-electron chi connectivity index (χ4n) is 9.78. The summed E-state index contributed by atoms with van der Waals surface area (Å²) in [5.74, 6) is 0.695. The van der Waals surface area contributed by atoms with Gasteiger partial charge in [-0.05, 0) is 105 Å². The molecule has 4 aliphatic rings. The summed E-state index contributed by atoms with van der Waals surface area (Å²) in [4.78, 5) is 22.0. The van der Waals surface area contributed by atoms with Crippen LogP contribution in [-0.2, 0) is 0 Å². The molecule has 11 nitrogen and oxygen atoms in total. The van der Waals surface area contributed by atoms with E-state index in [1.807, 2.05) is 52.4 Å². The fraction of sp³-hybridized carbons (Fsp3) is 0.426.